The molecule has 0 bridgehead atoms. The van der Waals surface area contributed by atoms with Gasteiger partial charge in [-0.3, -0.25) is 9.59 Å². The smallest absolute Gasteiger partial charge is 0.246 e. The van der Waals surface area contributed by atoms with Crippen molar-refractivity contribution in [2.75, 3.05) is 31.7 Å². The van der Waals surface area contributed by atoms with Gasteiger partial charge in [0.2, 0.25) is 11.8 Å². The number of carbonyl (C=O) groups excluding carboxylic acids is 2. The molecule has 1 N–H and O–H groups in total. The largest absolute Gasteiger partial charge is 0.375 e. The van der Waals surface area contributed by atoms with Crippen molar-refractivity contribution >= 4 is 28.5 Å². The Kier molecular flexibility index (Phi) is 6.97. The quantitative estimate of drug-likeness (QED) is 0.605. The molecular weight excluding hydrogens is 368 g/mol. The standard InChI is InChI=1S/C22H26N4O3/c1-3-25(17-9-5-4-6-10-17)22(28)15-26-19-12-8-7-11-18(19)24-20(26)13-14-23-21(27)16-29-2/h4-12H,3,13-16H2,1-2H3,(H,23,27). The highest BCUT2D eigenvalue weighted by Gasteiger charge is 2.18. The number of fused-ring (bicyclic) bond motifs is 1. The molecule has 0 saturated heterocycles. The van der Waals surface area contributed by atoms with E-state index in [4.69, 9.17) is 4.74 Å². The molecule has 0 saturated carbocycles. The number of rotatable bonds is 9. The third-order valence-corrected chi connectivity index (χ3v) is 4.66. The van der Waals surface area contributed by atoms with Crippen LogP contribution in [-0.2, 0) is 27.3 Å². The molecular formula is C22H26N4O3. The molecule has 1 aromatic heterocycles. The summed E-state index contributed by atoms with van der Waals surface area (Å²) in [7, 11) is 1.48. The molecule has 3 aromatic rings. The molecule has 0 atom stereocenters. The summed E-state index contributed by atoms with van der Waals surface area (Å²) < 4.78 is 6.76. The predicted octanol–water partition coefficient (Wildman–Crippen LogP) is 2.39. The minimum absolute atomic E-state index is 0.00785. The number of amides is 2. The number of methoxy groups -OCH3 is 1. The van der Waals surface area contributed by atoms with Crippen LogP contribution in [0.1, 0.15) is 12.7 Å². The van der Waals surface area contributed by atoms with Crippen molar-refractivity contribution in [2.24, 2.45) is 0 Å². The number of nitrogens with one attached hydrogen (secondary N) is 1. The number of likely N-dealkylation sites (N-methyl/N-ethyl adjacent to an activating group) is 1. The lowest BCUT2D eigenvalue weighted by molar-refractivity contribution is -0.124. The summed E-state index contributed by atoms with van der Waals surface area (Å²) in [6, 6.07) is 17.4. The van der Waals surface area contributed by atoms with Crippen LogP contribution in [-0.4, -0.2) is 48.2 Å². The molecule has 0 spiro atoms. The molecule has 0 radical (unpaired) electrons. The third kappa shape index (κ3) is 5.00. The number of imidazole rings is 1. The molecule has 152 valence electrons. The van der Waals surface area contributed by atoms with Crippen molar-refractivity contribution in [2.45, 2.75) is 19.9 Å². The molecule has 1 heterocycles. The van der Waals surface area contributed by atoms with Gasteiger partial charge in [-0.25, -0.2) is 4.98 Å². The summed E-state index contributed by atoms with van der Waals surface area (Å²) in [6.07, 6.45) is 0.523. The Bertz CT molecular complexity index is 969. The van der Waals surface area contributed by atoms with E-state index in [9.17, 15) is 9.59 Å². The maximum atomic E-state index is 13.1. The van der Waals surface area contributed by atoms with Crippen LogP contribution in [0.5, 0.6) is 0 Å². The highest BCUT2D eigenvalue weighted by Crippen LogP contribution is 2.19. The molecule has 0 unspecified atom stereocenters. The number of para-hydroxylation sites is 3. The van der Waals surface area contributed by atoms with E-state index in [1.165, 1.54) is 7.11 Å². The second kappa shape index (κ2) is 9.84. The Morgan fingerprint density at radius 1 is 1.10 bits per heavy atom. The summed E-state index contributed by atoms with van der Waals surface area (Å²) >= 11 is 0. The topological polar surface area (TPSA) is 76.5 Å². The van der Waals surface area contributed by atoms with E-state index in [1.54, 1.807) is 4.90 Å². The molecule has 0 aliphatic rings. The summed E-state index contributed by atoms with van der Waals surface area (Å²) in [5.74, 6) is 0.584. The summed E-state index contributed by atoms with van der Waals surface area (Å²) in [5, 5.41) is 2.80. The zero-order chi connectivity index (χ0) is 20.6. The molecule has 0 aliphatic heterocycles. The lowest BCUT2D eigenvalue weighted by Gasteiger charge is -2.22. The van der Waals surface area contributed by atoms with Gasteiger partial charge in [0, 0.05) is 32.3 Å². The number of carbonyl (C=O) groups is 2. The SMILES string of the molecule is CCN(C(=O)Cn1c(CCNC(=O)COC)nc2ccccc21)c1ccccc1. The first-order valence-corrected chi connectivity index (χ1v) is 9.69. The van der Waals surface area contributed by atoms with E-state index < -0.39 is 0 Å². The van der Waals surface area contributed by atoms with E-state index in [2.05, 4.69) is 10.3 Å². The summed E-state index contributed by atoms with van der Waals surface area (Å²) in [6.45, 7) is 3.18. The molecule has 7 heteroatoms. The summed E-state index contributed by atoms with van der Waals surface area (Å²) in [4.78, 5) is 31.2. The van der Waals surface area contributed by atoms with Crippen LogP contribution in [0.15, 0.2) is 54.6 Å². The zero-order valence-corrected chi connectivity index (χ0v) is 16.8. The van der Waals surface area contributed by atoms with Crippen LogP contribution >= 0.6 is 0 Å². The fourth-order valence-corrected chi connectivity index (χ4v) is 3.32. The minimum atomic E-state index is -0.174. The van der Waals surface area contributed by atoms with Gasteiger partial charge in [0.25, 0.3) is 0 Å². The second-order valence-electron chi connectivity index (χ2n) is 6.61. The normalized spacial score (nSPS) is 10.8. The van der Waals surface area contributed by atoms with Gasteiger partial charge in [-0.2, -0.15) is 0 Å². The highest BCUT2D eigenvalue weighted by atomic mass is 16.5. The molecule has 0 aliphatic carbocycles. The van der Waals surface area contributed by atoms with E-state index in [0.717, 1.165) is 22.5 Å². The highest BCUT2D eigenvalue weighted by molar-refractivity contribution is 5.94. The Morgan fingerprint density at radius 3 is 2.55 bits per heavy atom. The van der Waals surface area contributed by atoms with Crippen molar-refractivity contribution < 1.29 is 14.3 Å². The Labute approximate surface area is 170 Å². The third-order valence-electron chi connectivity index (χ3n) is 4.66. The number of ether oxygens (including phenoxy) is 1. The maximum absolute atomic E-state index is 13.1. The van der Waals surface area contributed by atoms with Crippen LogP contribution in [0.2, 0.25) is 0 Å². The van der Waals surface area contributed by atoms with E-state index >= 15 is 0 Å². The Hall–Kier alpha value is -3.19. The van der Waals surface area contributed by atoms with Gasteiger partial charge >= 0.3 is 0 Å². The Morgan fingerprint density at radius 2 is 1.83 bits per heavy atom. The van der Waals surface area contributed by atoms with E-state index in [1.807, 2.05) is 66.1 Å². The lowest BCUT2D eigenvalue weighted by Crippen LogP contribution is -2.34. The maximum Gasteiger partial charge on any atom is 0.246 e. The van der Waals surface area contributed by atoms with Crippen LogP contribution < -0.4 is 10.2 Å². The summed E-state index contributed by atoms with van der Waals surface area (Å²) in [5.41, 5.74) is 2.61. The fourth-order valence-electron chi connectivity index (χ4n) is 3.32. The second-order valence-corrected chi connectivity index (χ2v) is 6.61. The number of aromatic nitrogens is 2. The van der Waals surface area contributed by atoms with Gasteiger partial charge in [0.05, 0.1) is 11.0 Å². The molecule has 7 nitrogen and oxygen atoms in total. The molecule has 2 aromatic carbocycles. The number of benzene rings is 2. The van der Waals surface area contributed by atoms with E-state index in [-0.39, 0.29) is 25.0 Å². The number of nitrogens with zero attached hydrogens (tertiary/aromatic N) is 3. The van der Waals surface area contributed by atoms with Crippen LogP contribution in [0, 0.1) is 0 Å². The molecule has 3 rings (SSSR count). The van der Waals surface area contributed by atoms with E-state index in [0.29, 0.717) is 19.5 Å². The monoisotopic (exact) mass is 394 g/mol. The first-order valence-electron chi connectivity index (χ1n) is 9.69. The van der Waals surface area contributed by atoms with Crippen LogP contribution in [0.25, 0.3) is 11.0 Å². The van der Waals surface area contributed by atoms with Gasteiger partial charge in [-0.15, -0.1) is 0 Å². The van der Waals surface area contributed by atoms with Crippen molar-refractivity contribution in [1.82, 2.24) is 14.9 Å². The van der Waals surface area contributed by atoms with Crippen molar-refractivity contribution in [3.63, 3.8) is 0 Å². The average molecular weight is 394 g/mol. The van der Waals surface area contributed by atoms with Gasteiger partial charge in [-0.1, -0.05) is 30.3 Å². The van der Waals surface area contributed by atoms with Crippen LogP contribution in [0.4, 0.5) is 5.69 Å². The van der Waals surface area contributed by atoms with Crippen molar-refractivity contribution in [1.29, 1.82) is 0 Å². The number of hydrogen-bond donors (Lipinski definition) is 1. The number of anilines is 1. The van der Waals surface area contributed by atoms with Gasteiger partial charge < -0.3 is 19.5 Å². The molecule has 29 heavy (non-hydrogen) atoms. The van der Waals surface area contributed by atoms with Gasteiger partial charge in [-0.05, 0) is 31.2 Å². The first kappa shape index (κ1) is 20.5. The lowest BCUT2D eigenvalue weighted by atomic mass is 10.2. The van der Waals surface area contributed by atoms with Crippen LogP contribution in [0.3, 0.4) is 0 Å². The number of hydrogen-bond acceptors (Lipinski definition) is 4. The molecule has 2 amide bonds. The molecule has 0 fully saturated rings. The first-order chi connectivity index (χ1) is 14.1. The van der Waals surface area contributed by atoms with Crippen molar-refractivity contribution in [3.05, 3.63) is 60.4 Å². The predicted molar refractivity (Wildman–Crippen MR) is 113 cm³/mol. The Balaban J connectivity index is 1.81. The van der Waals surface area contributed by atoms with Gasteiger partial charge in [0.15, 0.2) is 0 Å². The minimum Gasteiger partial charge on any atom is -0.375 e. The average Bonchev–Trinajstić information content (AvgIpc) is 3.07. The zero-order valence-electron chi connectivity index (χ0n) is 16.8. The van der Waals surface area contributed by atoms with Gasteiger partial charge in [0.1, 0.15) is 19.0 Å². The fraction of sp³-hybridized carbons (Fsp3) is 0.318. The van der Waals surface area contributed by atoms with Crippen molar-refractivity contribution in [3.8, 4) is 0 Å².